The second kappa shape index (κ2) is 8.66. The number of rotatable bonds is 3. The summed E-state index contributed by atoms with van der Waals surface area (Å²) in [6, 6.07) is 12.4. The van der Waals surface area contributed by atoms with E-state index in [1.807, 2.05) is 0 Å². The van der Waals surface area contributed by atoms with Crippen LogP contribution in [0.1, 0.15) is 11.3 Å². The van der Waals surface area contributed by atoms with Crippen LogP contribution in [0.5, 0.6) is 0 Å². The summed E-state index contributed by atoms with van der Waals surface area (Å²) in [6.07, 6.45) is -3.45. The Labute approximate surface area is 200 Å². The third kappa shape index (κ3) is 4.66. The molecule has 0 saturated carbocycles. The molecule has 1 fully saturated rings. The predicted molar refractivity (Wildman–Crippen MR) is 122 cm³/mol. The van der Waals surface area contributed by atoms with Crippen LogP contribution in [0, 0.1) is 0 Å². The lowest BCUT2D eigenvalue weighted by molar-refractivity contribution is -0.137. The lowest BCUT2D eigenvalue weighted by Gasteiger charge is -2.28. The van der Waals surface area contributed by atoms with Crippen molar-refractivity contribution in [3.63, 3.8) is 0 Å². The molecule has 0 spiro atoms. The summed E-state index contributed by atoms with van der Waals surface area (Å²) in [6.45, 7) is 0. The van der Waals surface area contributed by atoms with Gasteiger partial charge in [-0.05, 0) is 72.9 Å². The summed E-state index contributed by atoms with van der Waals surface area (Å²) < 4.78 is 45.0. The van der Waals surface area contributed by atoms with Gasteiger partial charge in [-0.1, -0.05) is 23.2 Å². The van der Waals surface area contributed by atoms with Gasteiger partial charge < -0.3 is 4.42 Å². The molecule has 1 aromatic heterocycles. The van der Waals surface area contributed by atoms with Crippen LogP contribution in [0.4, 0.5) is 18.9 Å². The number of anilines is 1. The van der Waals surface area contributed by atoms with Crippen LogP contribution < -0.4 is 10.2 Å². The normalized spacial score (nSPS) is 15.8. The van der Waals surface area contributed by atoms with Gasteiger partial charge in [-0.25, -0.2) is 0 Å². The molecule has 4 rings (SSSR count). The van der Waals surface area contributed by atoms with Crippen molar-refractivity contribution < 1.29 is 27.2 Å². The summed E-state index contributed by atoms with van der Waals surface area (Å²) in [4.78, 5) is 26.5. The van der Waals surface area contributed by atoms with Crippen LogP contribution in [-0.2, 0) is 15.8 Å². The van der Waals surface area contributed by atoms with E-state index in [9.17, 15) is 22.8 Å². The van der Waals surface area contributed by atoms with Gasteiger partial charge in [0.05, 0.1) is 16.3 Å². The molecular formula is C22H11Cl2F3N2O3S. The van der Waals surface area contributed by atoms with Crippen molar-refractivity contribution in [3.8, 4) is 11.3 Å². The van der Waals surface area contributed by atoms with Crippen molar-refractivity contribution in [3.05, 3.63) is 81.5 Å². The second-order valence-electron chi connectivity index (χ2n) is 6.83. The summed E-state index contributed by atoms with van der Waals surface area (Å²) in [5, 5.41) is 2.33. The van der Waals surface area contributed by atoms with Gasteiger partial charge in [-0.3, -0.25) is 19.8 Å². The number of hydrogen-bond donors (Lipinski definition) is 1. The highest BCUT2D eigenvalue weighted by Gasteiger charge is 2.35. The number of nitrogens with zero attached hydrogens (tertiary/aromatic N) is 1. The number of alkyl halides is 3. The fourth-order valence-electron chi connectivity index (χ4n) is 3.11. The van der Waals surface area contributed by atoms with Crippen LogP contribution in [0.2, 0.25) is 10.0 Å². The largest absolute Gasteiger partial charge is 0.457 e. The van der Waals surface area contributed by atoms with Gasteiger partial charge in [0.25, 0.3) is 11.8 Å². The zero-order valence-electron chi connectivity index (χ0n) is 16.2. The number of thiocarbonyl (C=S) groups is 1. The van der Waals surface area contributed by atoms with E-state index < -0.39 is 28.6 Å². The molecule has 33 heavy (non-hydrogen) atoms. The molecule has 1 saturated heterocycles. The fourth-order valence-corrected chi connectivity index (χ4v) is 3.74. The van der Waals surface area contributed by atoms with Gasteiger partial charge in [0.15, 0.2) is 5.11 Å². The van der Waals surface area contributed by atoms with Crippen LogP contribution in [0.25, 0.3) is 17.4 Å². The number of hydrogen-bond acceptors (Lipinski definition) is 4. The lowest BCUT2D eigenvalue weighted by Crippen LogP contribution is -2.54. The molecule has 2 amide bonds. The molecule has 1 aliphatic heterocycles. The monoisotopic (exact) mass is 510 g/mol. The Balaban J connectivity index is 1.67. The number of halogens is 5. The summed E-state index contributed by atoms with van der Waals surface area (Å²) in [5.41, 5.74) is -0.764. The highest BCUT2D eigenvalue weighted by molar-refractivity contribution is 7.80. The third-order valence-corrected chi connectivity index (χ3v) is 5.52. The maximum atomic E-state index is 13.1. The van der Waals surface area contributed by atoms with Crippen molar-refractivity contribution >= 4 is 64.1 Å². The number of furan rings is 1. The Morgan fingerprint density at radius 3 is 2.36 bits per heavy atom. The molecule has 11 heteroatoms. The summed E-state index contributed by atoms with van der Waals surface area (Å²) >= 11 is 16.7. The van der Waals surface area contributed by atoms with Gasteiger partial charge in [-0.15, -0.1) is 0 Å². The molecule has 1 aliphatic rings. The molecule has 0 unspecified atom stereocenters. The lowest BCUT2D eigenvalue weighted by atomic mass is 10.1. The summed E-state index contributed by atoms with van der Waals surface area (Å²) in [5.74, 6) is -1.26. The van der Waals surface area contributed by atoms with Crippen LogP contribution >= 0.6 is 35.4 Å². The molecule has 2 aromatic carbocycles. The number of carbonyl (C=O) groups excluding carboxylic acids is 2. The molecule has 0 aliphatic carbocycles. The smallest absolute Gasteiger partial charge is 0.417 e. The molecule has 5 nitrogen and oxygen atoms in total. The van der Waals surface area contributed by atoms with Gasteiger partial charge in [0.1, 0.15) is 17.1 Å². The Hall–Kier alpha value is -3.14. The molecule has 0 radical (unpaired) electrons. The SMILES string of the molecule is O=C1NC(=S)N(c2ccc(Cl)cc2)C(=O)C1=Cc1ccc(-c2ccc(Cl)c(C(F)(F)F)c2)o1. The minimum Gasteiger partial charge on any atom is -0.457 e. The van der Waals surface area contributed by atoms with Crippen molar-refractivity contribution in [1.82, 2.24) is 5.32 Å². The Morgan fingerprint density at radius 2 is 1.70 bits per heavy atom. The fraction of sp³-hybridized carbons (Fsp3) is 0.0455. The minimum absolute atomic E-state index is 0.0795. The zero-order valence-corrected chi connectivity index (χ0v) is 18.6. The quantitative estimate of drug-likeness (QED) is 0.262. The van der Waals surface area contributed by atoms with Crippen LogP contribution in [0.3, 0.4) is 0 Å². The first-order valence-electron chi connectivity index (χ1n) is 9.18. The molecule has 168 valence electrons. The number of carbonyl (C=O) groups is 2. The van der Waals surface area contributed by atoms with E-state index in [0.717, 1.165) is 17.0 Å². The van der Waals surface area contributed by atoms with Crippen molar-refractivity contribution in [2.24, 2.45) is 0 Å². The standard InChI is InChI=1S/C22H11Cl2F3N2O3S/c23-12-2-4-13(5-3-12)29-20(31)15(19(30)28-21(29)33)10-14-6-8-18(32-14)11-1-7-17(24)16(9-11)22(25,26)27/h1-10H,(H,28,30,33). The highest BCUT2D eigenvalue weighted by Crippen LogP contribution is 2.37. The number of amides is 2. The Kier molecular flexibility index (Phi) is 6.04. The average Bonchev–Trinajstić information content (AvgIpc) is 3.20. The second-order valence-corrected chi connectivity index (χ2v) is 8.06. The van der Waals surface area contributed by atoms with Gasteiger partial charge in [-0.2, -0.15) is 13.2 Å². The van der Waals surface area contributed by atoms with E-state index in [2.05, 4.69) is 5.32 Å². The molecule has 0 atom stereocenters. The third-order valence-electron chi connectivity index (χ3n) is 4.66. The number of benzene rings is 2. The molecular weight excluding hydrogens is 500 g/mol. The van der Waals surface area contributed by atoms with E-state index in [1.165, 1.54) is 24.3 Å². The van der Waals surface area contributed by atoms with E-state index in [4.69, 9.17) is 39.8 Å². The Bertz CT molecular complexity index is 1320. The van der Waals surface area contributed by atoms with Gasteiger partial charge in [0.2, 0.25) is 0 Å². The topological polar surface area (TPSA) is 62.6 Å². The molecule has 0 bridgehead atoms. The predicted octanol–water partition coefficient (Wildman–Crippen LogP) is 6.10. The molecule has 1 N–H and O–H groups in total. The van der Waals surface area contributed by atoms with Crippen molar-refractivity contribution in [2.45, 2.75) is 6.18 Å². The zero-order chi connectivity index (χ0) is 23.9. The molecule has 2 heterocycles. The first kappa shape index (κ1) is 23.0. The first-order chi connectivity index (χ1) is 15.5. The van der Waals surface area contributed by atoms with Gasteiger partial charge in [0, 0.05) is 10.6 Å². The van der Waals surface area contributed by atoms with E-state index in [1.54, 1.807) is 24.3 Å². The number of nitrogens with one attached hydrogen (secondary N) is 1. The summed E-state index contributed by atoms with van der Waals surface area (Å²) in [7, 11) is 0. The average molecular weight is 511 g/mol. The Morgan fingerprint density at radius 1 is 1.00 bits per heavy atom. The van der Waals surface area contributed by atoms with E-state index in [-0.39, 0.29) is 27.8 Å². The van der Waals surface area contributed by atoms with Crippen LogP contribution in [0.15, 0.2) is 64.6 Å². The van der Waals surface area contributed by atoms with Crippen molar-refractivity contribution in [2.75, 3.05) is 4.90 Å². The molecule has 3 aromatic rings. The van der Waals surface area contributed by atoms with E-state index in [0.29, 0.717) is 10.7 Å². The van der Waals surface area contributed by atoms with Gasteiger partial charge >= 0.3 is 6.18 Å². The first-order valence-corrected chi connectivity index (χ1v) is 10.3. The maximum absolute atomic E-state index is 13.1. The van der Waals surface area contributed by atoms with Crippen LogP contribution in [-0.4, -0.2) is 16.9 Å². The van der Waals surface area contributed by atoms with E-state index >= 15 is 0 Å². The van der Waals surface area contributed by atoms with Crippen molar-refractivity contribution in [1.29, 1.82) is 0 Å². The highest BCUT2D eigenvalue weighted by atomic mass is 35.5. The minimum atomic E-state index is -4.64. The maximum Gasteiger partial charge on any atom is 0.417 e.